The van der Waals surface area contributed by atoms with Crippen LogP contribution in [0.1, 0.15) is 25.6 Å². The monoisotopic (exact) mass is 453 g/mol. The van der Waals surface area contributed by atoms with Crippen molar-refractivity contribution in [2.24, 2.45) is 0 Å². The Morgan fingerprint density at radius 1 is 1.48 bits per heavy atom. The van der Waals surface area contributed by atoms with Crippen LogP contribution in [-0.2, 0) is 23.9 Å². The maximum atomic E-state index is 12.6. The molecule has 0 aliphatic carbocycles. The molecule has 2 aliphatic heterocycles. The highest BCUT2D eigenvalue weighted by atomic mass is 32.2. The molecular formula is C17H19N5O8S. The van der Waals surface area contributed by atoms with E-state index in [1.165, 1.54) is 36.4 Å². The Bertz CT molecular complexity index is 1020. The Morgan fingerprint density at radius 2 is 2.16 bits per heavy atom. The first kappa shape index (κ1) is 22.3. The number of esters is 1. The van der Waals surface area contributed by atoms with Crippen LogP contribution in [0.2, 0.25) is 0 Å². The van der Waals surface area contributed by atoms with E-state index in [4.69, 9.17) is 4.74 Å². The van der Waals surface area contributed by atoms with Crippen LogP contribution in [-0.4, -0.2) is 72.2 Å². The molecule has 2 aliphatic rings. The number of fused-ring (bicyclic) bond motifs is 1. The summed E-state index contributed by atoms with van der Waals surface area (Å²) >= 11 is 1.23. The molecule has 2 N–H and O–H groups in total. The van der Waals surface area contributed by atoms with Crippen molar-refractivity contribution in [3.05, 3.63) is 33.1 Å². The highest BCUT2D eigenvalue weighted by Crippen LogP contribution is 2.40. The van der Waals surface area contributed by atoms with Crippen LogP contribution in [0.4, 0.5) is 5.82 Å². The topological polar surface area (TPSA) is 174 Å². The number of amides is 2. The molecule has 0 saturated carbocycles. The number of carbonyl (C=O) groups excluding carboxylic acids is 3. The fourth-order valence-corrected chi connectivity index (χ4v) is 4.65. The summed E-state index contributed by atoms with van der Waals surface area (Å²) in [7, 11) is 0. The van der Waals surface area contributed by atoms with E-state index in [1.54, 1.807) is 6.92 Å². The van der Waals surface area contributed by atoms with E-state index in [-0.39, 0.29) is 23.6 Å². The molecule has 1 aromatic heterocycles. The van der Waals surface area contributed by atoms with Crippen molar-refractivity contribution in [2.45, 2.75) is 38.2 Å². The summed E-state index contributed by atoms with van der Waals surface area (Å²) in [6, 6.07) is -0.667. The van der Waals surface area contributed by atoms with Crippen LogP contribution in [0.15, 0.2) is 17.3 Å². The Labute approximate surface area is 179 Å². The van der Waals surface area contributed by atoms with Gasteiger partial charge in [0.25, 0.3) is 5.91 Å². The van der Waals surface area contributed by atoms with Crippen molar-refractivity contribution in [1.82, 2.24) is 20.0 Å². The summed E-state index contributed by atoms with van der Waals surface area (Å²) in [5, 5.41) is 26.2. The summed E-state index contributed by atoms with van der Waals surface area (Å²) < 4.78 is 6.05. The minimum Gasteiger partial charge on any atom is -0.477 e. The average molecular weight is 453 g/mol. The molecule has 1 saturated heterocycles. The number of β-lactam (4-membered cyclic amide) rings is 1. The number of nitrogens with one attached hydrogen (secondary N) is 1. The Morgan fingerprint density at radius 3 is 2.71 bits per heavy atom. The number of carboxylic acid groups (broad SMARTS) is 1. The minimum atomic E-state index is -1.33. The second-order valence-corrected chi connectivity index (χ2v) is 8.06. The molecule has 3 atom stereocenters. The summed E-state index contributed by atoms with van der Waals surface area (Å²) in [5.41, 5.74) is 0.427. The fraction of sp³-hybridized carbons (Fsp3) is 0.471. The van der Waals surface area contributed by atoms with Crippen LogP contribution >= 0.6 is 11.8 Å². The first-order valence-corrected chi connectivity index (χ1v) is 10.1. The number of aromatic nitrogens is 2. The van der Waals surface area contributed by atoms with Gasteiger partial charge in [0, 0.05) is 18.2 Å². The Hall–Kier alpha value is -3.42. The molecule has 31 heavy (non-hydrogen) atoms. The molecule has 0 bridgehead atoms. The molecule has 3 heterocycles. The highest BCUT2D eigenvalue weighted by Gasteiger charge is 2.54. The number of hydrogen-bond donors (Lipinski definition) is 2. The van der Waals surface area contributed by atoms with Gasteiger partial charge in [-0.1, -0.05) is 0 Å². The van der Waals surface area contributed by atoms with Crippen LogP contribution in [0.5, 0.6) is 0 Å². The van der Waals surface area contributed by atoms with E-state index in [1.807, 2.05) is 0 Å². The first-order chi connectivity index (χ1) is 14.5. The quantitative estimate of drug-likeness (QED) is 0.247. The van der Waals surface area contributed by atoms with E-state index in [0.29, 0.717) is 5.69 Å². The van der Waals surface area contributed by atoms with Crippen molar-refractivity contribution in [1.29, 1.82) is 0 Å². The number of thioether (sulfide) groups is 1. The zero-order valence-electron chi connectivity index (χ0n) is 16.7. The van der Waals surface area contributed by atoms with E-state index < -0.39 is 52.0 Å². The standard InChI is InChI=1S/C17H19N5O8S/c1-7-4-11(22(28)29)19-21(7)8(2)14(24)18-12-15(25)20-13(17(26)27)10(5-30-9(3)23)6-31-16(12)20/h4,8,12,16H,5-6H2,1-3H3,(H,18,24)(H,26,27)/t8-,12-,16-/m1/s1. The molecule has 1 fully saturated rings. The number of nitrogens with zero attached hydrogens (tertiary/aromatic N) is 4. The third-order valence-electron chi connectivity index (χ3n) is 4.84. The van der Waals surface area contributed by atoms with E-state index in [0.717, 1.165) is 4.90 Å². The maximum Gasteiger partial charge on any atom is 0.390 e. The van der Waals surface area contributed by atoms with Crippen LogP contribution in [0, 0.1) is 17.0 Å². The van der Waals surface area contributed by atoms with E-state index >= 15 is 0 Å². The summed E-state index contributed by atoms with van der Waals surface area (Å²) in [4.78, 5) is 59.3. The normalized spacial score (nSPS) is 21.1. The number of carboxylic acids is 1. The van der Waals surface area contributed by atoms with Crippen molar-refractivity contribution in [3.63, 3.8) is 0 Å². The maximum absolute atomic E-state index is 12.6. The number of nitro groups is 1. The summed E-state index contributed by atoms with van der Waals surface area (Å²) in [5.74, 6) is -3.31. The molecule has 2 amide bonds. The minimum absolute atomic E-state index is 0.204. The van der Waals surface area contributed by atoms with Gasteiger partial charge in [0.15, 0.2) is 0 Å². The van der Waals surface area contributed by atoms with E-state index in [9.17, 15) is 34.4 Å². The molecule has 0 spiro atoms. The molecule has 14 heteroatoms. The number of ether oxygens (including phenoxy) is 1. The van der Waals surface area contributed by atoms with E-state index in [2.05, 4.69) is 10.4 Å². The Kier molecular flexibility index (Phi) is 6.01. The van der Waals surface area contributed by atoms with Gasteiger partial charge >= 0.3 is 17.8 Å². The molecule has 0 aromatic carbocycles. The first-order valence-electron chi connectivity index (χ1n) is 9.07. The van der Waals surface area contributed by atoms with Crippen LogP contribution < -0.4 is 5.32 Å². The molecule has 0 radical (unpaired) electrons. The predicted octanol–water partition coefficient (Wildman–Crippen LogP) is -0.0376. The third-order valence-corrected chi connectivity index (χ3v) is 6.18. The molecule has 13 nitrogen and oxygen atoms in total. The second-order valence-electron chi connectivity index (χ2n) is 6.96. The van der Waals surface area contributed by atoms with Gasteiger partial charge in [-0.2, -0.15) is 4.68 Å². The lowest BCUT2D eigenvalue weighted by molar-refractivity contribution is -0.389. The second kappa shape index (κ2) is 8.37. The molecule has 3 rings (SSSR count). The zero-order chi connectivity index (χ0) is 23.0. The summed E-state index contributed by atoms with van der Waals surface area (Å²) in [6.45, 7) is 3.99. The van der Waals surface area contributed by atoms with Crippen molar-refractivity contribution in [3.8, 4) is 0 Å². The Balaban J connectivity index is 1.73. The lowest BCUT2D eigenvalue weighted by Gasteiger charge is -2.49. The van der Waals surface area contributed by atoms with Crippen molar-refractivity contribution >= 4 is 41.3 Å². The lowest BCUT2D eigenvalue weighted by Crippen LogP contribution is -2.71. The number of aryl methyl sites for hydroxylation is 1. The molecule has 0 unspecified atom stereocenters. The lowest BCUT2D eigenvalue weighted by atomic mass is 10.0. The van der Waals surface area contributed by atoms with Gasteiger partial charge in [-0.25, -0.2) is 4.79 Å². The largest absolute Gasteiger partial charge is 0.477 e. The number of hydrogen-bond acceptors (Lipinski definition) is 9. The average Bonchev–Trinajstić information content (AvgIpc) is 3.10. The van der Waals surface area contributed by atoms with Gasteiger partial charge in [-0.05, 0) is 18.8 Å². The smallest absolute Gasteiger partial charge is 0.390 e. The van der Waals surface area contributed by atoms with Crippen molar-refractivity contribution in [2.75, 3.05) is 12.4 Å². The number of carbonyl (C=O) groups is 4. The zero-order valence-corrected chi connectivity index (χ0v) is 17.5. The fourth-order valence-electron chi connectivity index (χ4n) is 3.32. The van der Waals surface area contributed by atoms with Gasteiger partial charge in [0.05, 0.1) is 16.9 Å². The van der Waals surface area contributed by atoms with Crippen molar-refractivity contribution < 1.29 is 33.9 Å². The molecular weight excluding hydrogens is 434 g/mol. The number of rotatable bonds is 7. The number of aliphatic carboxylic acids is 1. The molecule has 166 valence electrons. The predicted molar refractivity (Wildman–Crippen MR) is 105 cm³/mol. The highest BCUT2D eigenvalue weighted by molar-refractivity contribution is 8.00. The van der Waals surface area contributed by atoms with Gasteiger partial charge in [-0.3, -0.25) is 19.3 Å². The van der Waals surface area contributed by atoms with Gasteiger partial charge in [-0.15, -0.1) is 11.8 Å². The molecule has 1 aromatic rings. The van der Waals surface area contributed by atoms with Gasteiger partial charge in [0.1, 0.15) is 29.8 Å². The summed E-state index contributed by atoms with van der Waals surface area (Å²) in [6.07, 6.45) is 0. The van der Waals surface area contributed by atoms with Gasteiger partial charge < -0.3 is 25.3 Å². The van der Waals surface area contributed by atoms with Crippen LogP contribution in [0.25, 0.3) is 0 Å². The third kappa shape index (κ3) is 4.10. The van der Waals surface area contributed by atoms with Crippen LogP contribution in [0.3, 0.4) is 0 Å². The van der Waals surface area contributed by atoms with Gasteiger partial charge in [0.2, 0.25) is 5.91 Å². The SMILES string of the molecule is CC(=O)OCC1=C(C(=O)O)N2C(=O)[C@@H](NC(=O)[C@@H](C)n3nc([N+](=O)[O-])cc3C)[C@H]2SC1.